The summed E-state index contributed by atoms with van der Waals surface area (Å²) in [4.78, 5) is 25.1. The van der Waals surface area contributed by atoms with Crippen LogP contribution in [0.1, 0.15) is 27.7 Å². The Hall–Kier alpha value is -4.53. The van der Waals surface area contributed by atoms with Crippen LogP contribution in [0.2, 0.25) is 0 Å². The van der Waals surface area contributed by atoms with E-state index in [4.69, 9.17) is 10.7 Å². The molecule has 0 bridgehead atoms. The lowest BCUT2D eigenvalue weighted by molar-refractivity contribution is 0.0939. The number of rotatable bonds is 3. The van der Waals surface area contributed by atoms with Gasteiger partial charge in [-0.15, -0.1) is 10.2 Å². The topological polar surface area (TPSA) is 138 Å². The molecule has 9 nitrogen and oxygen atoms in total. The molecule has 3 aromatic heterocycles. The Bertz CT molecular complexity index is 1430. The van der Waals surface area contributed by atoms with Crippen molar-refractivity contribution in [3.05, 3.63) is 77.7 Å². The molecule has 1 atom stereocenters. The minimum atomic E-state index is -0.390. The number of aromatic amines is 2. The monoisotopic (exact) mass is 408 g/mol. The zero-order valence-corrected chi connectivity index (χ0v) is 16.1. The van der Waals surface area contributed by atoms with Crippen molar-refractivity contribution in [2.75, 3.05) is 5.73 Å². The highest BCUT2D eigenvalue weighted by Gasteiger charge is 2.33. The third kappa shape index (κ3) is 2.60. The van der Waals surface area contributed by atoms with Gasteiger partial charge in [-0.2, -0.15) is 5.21 Å². The fourth-order valence-corrected chi connectivity index (χ4v) is 4.20. The number of fused-ring (bicyclic) bond motifs is 4. The van der Waals surface area contributed by atoms with Crippen molar-refractivity contribution in [3.63, 3.8) is 0 Å². The molecular weight excluding hydrogens is 392 g/mol. The van der Waals surface area contributed by atoms with Crippen LogP contribution in [-0.4, -0.2) is 36.3 Å². The number of benzene rings is 2. The van der Waals surface area contributed by atoms with Gasteiger partial charge in [0.25, 0.3) is 5.91 Å². The Kier molecular flexibility index (Phi) is 3.63. The average molecular weight is 408 g/mol. The molecule has 5 N–H and O–H groups in total. The first kappa shape index (κ1) is 17.3. The Morgan fingerprint density at radius 3 is 2.68 bits per heavy atom. The van der Waals surface area contributed by atoms with Gasteiger partial charge in [0.15, 0.2) is 11.5 Å². The van der Waals surface area contributed by atoms with E-state index in [1.807, 2.05) is 42.5 Å². The number of imidazole rings is 1. The van der Waals surface area contributed by atoms with Gasteiger partial charge in [-0.25, -0.2) is 4.98 Å². The van der Waals surface area contributed by atoms with Crippen LogP contribution >= 0.6 is 0 Å². The van der Waals surface area contributed by atoms with E-state index in [0.29, 0.717) is 0 Å². The van der Waals surface area contributed by atoms with Crippen LogP contribution in [0.3, 0.4) is 0 Å². The van der Waals surface area contributed by atoms with E-state index in [1.54, 1.807) is 12.4 Å². The second-order valence-corrected chi connectivity index (χ2v) is 7.30. The summed E-state index contributed by atoms with van der Waals surface area (Å²) in [5, 5.41) is 13.0. The number of nitrogens with zero attached hydrogens (tertiary/aromatic N) is 4. The number of nitrogens with two attached hydrogens (primary N) is 1. The molecule has 1 amide bonds. The predicted octanol–water partition coefficient (Wildman–Crippen LogP) is 2.83. The van der Waals surface area contributed by atoms with Crippen LogP contribution in [0, 0.1) is 0 Å². The van der Waals surface area contributed by atoms with Crippen LogP contribution in [0.25, 0.3) is 33.5 Å². The fraction of sp³-hybridized carbons (Fsp3) is 0.0455. The molecular formula is C22H16N8O. The van der Waals surface area contributed by atoms with Crippen molar-refractivity contribution in [2.24, 2.45) is 0 Å². The highest BCUT2D eigenvalue weighted by Crippen LogP contribution is 2.47. The van der Waals surface area contributed by atoms with Gasteiger partial charge in [0.05, 0.1) is 23.3 Å². The van der Waals surface area contributed by atoms with Crippen molar-refractivity contribution >= 4 is 22.8 Å². The first-order valence-corrected chi connectivity index (χ1v) is 9.70. The standard InChI is InChI=1S/C22H16N8O/c23-20-19(28-30-29-20)22(31)27-18-12-5-2-1-4-11(12)17-13(18)6-3-7-14(17)21-25-15-8-9-24-10-16(15)26-21/h1-10,18H,(H,25,26)(H,27,31)(H3,23,28,29,30). The van der Waals surface area contributed by atoms with Gasteiger partial charge in [-0.05, 0) is 28.3 Å². The zero-order valence-electron chi connectivity index (χ0n) is 16.1. The second kappa shape index (κ2) is 6.49. The third-order valence-corrected chi connectivity index (χ3v) is 5.55. The molecule has 1 aliphatic carbocycles. The fourth-order valence-electron chi connectivity index (χ4n) is 4.20. The van der Waals surface area contributed by atoms with E-state index in [1.165, 1.54) is 0 Å². The minimum absolute atomic E-state index is 0.0636. The summed E-state index contributed by atoms with van der Waals surface area (Å²) in [5.74, 6) is 0.426. The van der Waals surface area contributed by atoms with Crippen molar-refractivity contribution in [1.29, 1.82) is 0 Å². The van der Waals surface area contributed by atoms with Crippen LogP contribution in [-0.2, 0) is 0 Å². The number of H-pyrrole nitrogens is 2. The maximum Gasteiger partial charge on any atom is 0.276 e. The summed E-state index contributed by atoms with van der Waals surface area (Å²) in [6, 6.07) is 15.5. The quantitative estimate of drug-likeness (QED) is 0.362. The number of anilines is 1. The highest BCUT2D eigenvalue weighted by molar-refractivity contribution is 5.98. The molecule has 5 aromatic rings. The predicted molar refractivity (Wildman–Crippen MR) is 115 cm³/mol. The molecule has 0 radical (unpaired) electrons. The SMILES string of the molecule is Nc1n[nH]nc1C(=O)NC1c2ccccc2-c2c(-c3nc4ccncc4[nH]3)cccc21. The largest absolute Gasteiger partial charge is 0.380 e. The highest BCUT2D eigenvalue weighted by atomic mass is 16.2. The molecule has 6 rings (SSSR count). The van der Waals surface area contributed by atoms with Gasteiger partial charge >= 0.3 is 0 Å². The summed E-state index contributed by atoms with van der Waals surface area (Å²) < 4.78 is 0. The Labute approximate surface area is 175 Å². The first-order valence-electron chi connectivity index (χ1n) is 9.70. The molecule has 1 unspecified atom stereocenters. The first-order chi connectivity index (χ1) is 15.2. The minimum Gasteiger partial charge on any atom is -0.380 e. The van der Waals surface area contributed by atoms with E-state index >= 15 is 0 Å². The molecule has 150 valence electrons. The molecule has 2 aromatic carbocycles. The molecule has 3 heterocycles. The summed E-state index contributed by atoms with van der Waals surface area (Å²) in [6.07, 6.45) is 3.48. The van der Waals surface area contributed by atoms with Gasteiger partial charge in [-0.1, -0.05) is 42.5 Å². The molecule has 0 saturated heterocycles. The van der Waals surface area contributed by atoms with E-state index in [0.717, 1.165) is 44.7 Å². The van der Waals surface area contributed by atoms with Crippen molar-refractivity contribution in [1.82, 2.24) is 35.7 Å². The Morgan fingerprint density at radius 2 is 1.84 bits per heavy atom. The maximum atomic E-state index is 12.8. The van der Waals surface area contributed by atoms with Gasteiger partial charge < -0.3 is 16.0 Å². The maximum absolute atomic E-state index is 12.8. The summed E-state index contributed by atoms with van der Waals surface area (Å²) in [6.45, 7) is 0. The second-order valence-electron chi connectivity index (χ2n) is 7.30. The lowest BCUT2D eigenvalue weighted by Gasteiger charge is -2.15. The number of nitrogens with one attached hydrogen (secondary N) is 3. The van der Waals surface area contributed by atoms with E-state index in [2.05, 4.69) is 36.8 Å². The number of nitrogen functional groups attached to an aromatic ring is 1. The Balaban J connectivity index is 1.50. The summed E-state index contributed by atoms with van der Waals surface area (Å²) >= 11 is 0. The van der Waals surface area contributed by atoms with Gasteiger partial charge in [0, 0.05) is 11.8 Å². The van der Waals surface area contributed by atoms with E-state index in [-0.39, 0.29) is 23.5 Å². The number of hydrogen-bond acceptors (Lipinski definition) is 6. The number of pyridine rings is 1. The van der Waals surface area contributed by atoms with E-state index < -0.39 is 0 Å². The molecule has 0 spiro atoms. The molecule has 9 heteroatoms. The van der Waals surface area contributed by atoms with E-state index in [9.17, 15) is 4.79 Å². The average Bonchev–Trinajstić information content (AvgIpc) is 3.50. The molecule has 0 aliphatic heterocycles. The molecule has 0 fully saturated rings. The smallest absolute Gasteiger partial charge is 0.276 e. The third-order valence-electron chi connectivity index (χ3n) is 5.55. The number of carbonyl (C=O) groups is 1. The lowest BCUT2D eigenvalue weighted by atomic mass is 9.99. The zero-order chi connectivity index (χ0) is 20.9. The lowest BCUT2D eigenvalue weighted by Crippen LogP contribution is -2.29. The molecule has 1 aliphatic rings. The van der Waals surface area contributed by atoms with Crippen LogP contribution in [0.4, 0.5) is 5.82 Å². The van der Waals surface area contributed by atoms with Crippen LogP contribution < -0.4 is 11.1 Å². The molecule has 0 saturated carbocycles. The van der Waals surface area contributed by atoms with Crippen LogP contribution in [0.15, 0.2) is 60.9 Å². The van der Waals surface area contributed by atoms with Crippen molar-refractivity contribution < 1.29 is 4.79 Å². The summed E-state index contributed by atoms with van der Waals surface area (Å²) in [5.41, 5.74) is 12.6. The number of hydrogen-bond donors (Lipinski definition) is 4. The number of amides is 1. The van der Waals surface area contributed by atoms with Gasteiger partial charge in [-0.3, -0.25) is 9.78 Å². The van der Waals surface area contributed by atoms with Crippen molar-refractivity contribution in [3.8, 4) is 22.5 Å². The van der Waals surface area contributed by atoms with Crippen molar-refractivity contribution in [2.45, 2.75) is 6.04 Å². The van der Waals surface area contributed by atoms with Gasteiger partial charge in [0.1, 0.15) is 5.82 Å². The summed E-state index contributed by atoms with van der Waals surface area (Å²) in [7, 11) is 0. The normalized spacial score (nSPS) is 14.4. The number of aromatic nitrogens is 6. The Morgan fingerprint density at radius 1 is 1.00 bits per heavy atom. The van der Waals surface area contributed by atoms with Gasteiger partial charge in [0.2, 0.25) is 0 Å². The van der Waals surface area contributed by atoms with Crippen LogP contribution in [0.5, 0.6) is 0 Å². The molecule has 31 heavy (non-hydrogen) atoms. The number of carbonyl (C=O) groups excluding carboxylic acids is 1.